The standard InChI is InChI=1S/C12H15BrClNS2/c13-10-2-1-9(12(14)5-10)6-15-7-11-8-16-3-4-17-11/h1-2,5,11,15H,3-4,6-8H2. The molecule has 0 aromatic heterocycles. The Morgan fingerprint density at radius 1 is 1.41 bits per heavy atom. The van der Waals surface area contributed by atoms with Gasteiger partial charge in [-0.15, -0.1) is 0 Å². The van der Waals surface area contributed by atoms with E-state index in [1.54, 1.807) is 0 Å². The molecule has 5 heteroatoms. The number of thioether (sulfide) groups is 2. The van der Waals surface area contributed by atoms with Gasteiger partial charge in [0, 0.05) is 45.1 Å². The second-order valence-electron chi connectivity index (χ2n) is 3.93. The third kappa shape index (κ3) is 4.67. The van der Waals surface area contributed by atoms with Crippen LogP contribution >= 0.6 is 51.1 Å². The highest BCUT2D eigenvalue weighted by molar-refractivity contribution is 9.10. The molecule has 0 spiro atoms. The maximum absolute atomic E-state index is 6.17. The van der Waals surface area contributed by atoms with Gasteiger partial charge in [-0.2, -0.15) is 23.5 Å². The van der Waals surface area contributed by atoms with Gasteiger partial charge in [0.1, 0.15) is 0 Å². The molecule has 17 heavy (non-hydrogen) atoms. The van der Waals surface area contributed by atoms with E-state index in [0.29, 0.717) is 0 Å². The summed E-state index contributed by atoms with van der Waals surface area (Å²) in [7, 11) is 0. The van der Waals surface area contributed by atoms with Crippen LogP contribution in [-0.2, 0) is 6.54 Å². The molecule has 1 aliphatic rings. The van der Waals surface area contributed by atoms with Gasteiger partial charge in [-0.1, -0.05) is 33.6 Å². The Morgan fingerprint density at radius 2 is 2.29 bits per heavy atom. The molecule has 1 aliphatic heterocycles. The second kappa shape index (κ2) is 7.29. The van der Waals surface area contributed by atoms with E-state index in [0.717, 1.165) is 27.8 Å². The summed E-state index contributed by atoms with van der Waals surface area (Å²) in [5, 5.41) is 5.08. The largest absolute Gasteiger partial charge is 0.311 e. The zero-order valence-corrected chi connectivity index (χ0v) is 13.4. The lowest BCUT2D eigenvalue weighted by atomic mass is 10.2. The summed E-state index contributed by atoms with van der Waals surface area (Å²) in [6, 6.07) is 6.06. The quantitative estimate of drug-likeness (QED) is 0.878. The molecule has 0 bridgehead atoms. The highest BCUT2D eigenvalue weighted by Gasteiger charge is 2.13. The number of nitrogens with one attached hydrogen (secondary N) is 1. The van der Waals surface area contributed by atoms with Crippen molar-refractivity contribution < 1.29 is 0 Å². The first-order valence-corrected chi connectivity index (χ1v) is 8.97. The molecular formula is C12H15BrClNS2. The first-order chi connectivity index (χ1) is 8.25. The molecule has 1 unspecified atom stereocenters. The van der Waals surface area contributed by atoms with E-state index in [4.69, 9.17) is 11.6 Å². The van der Waals surface area contributed by atoms with Crippen molar-refractivity contribution in [1.29, 1.82) is 0 Å². The SMILES string of the molecule is Clc1cc(Br)ccc1CNCC1CSCCS1. The number of benzene rings is 1. The van der Waals surface area contributed by atoms with Gasteiger partial charge in [-0.05, 0) is 17.7 Å². The van der Waals surface area contributed by atoms with Crippen molar-refractivity contribution in [2.75, 3.05) is 23.8 Å². The molecule has 1 heterocycles. The van der Waals surface area contributed by atoms with Crippen LogP contribution in [0.15, 0.2) is 22.7 Å². The summed E-state index contributed by atoms with van der Waals surface area (Å²) in [4.78, 5) is 0. The van der Waals surface area contributed by atoms with Crippen molar-refractivity contribution in [3.63, 3.8) is 0 Å². The van der Waals surface area contributed by atoms with Crippen LogP contribution < -0.4 is 5.32 Å². The fourth-order valence-corrected chi connectivity index (χ4v) is 5.07. The number of rotatable bonds is 4. The molecule has 1 atom stereocenters. The van der Waals surface area contributed by atoms with Crippen LogP contribution in [0.5, 0.6) is 0 Å². The van der Waals surface area contributed by atoms with Crippen LogP contribution in [0.2, 0.25) is 5.02 Å². The molecule has 1 aromatic rings. The Hall–Kier alpha value is 0.650. The lowest BCUT2D eigenvalue weighted by Crippen LogP contribution is -2.28. The molecule has 1 N–H and O–H groups in total. The highest BCUT2D eigenvalue weighted by atomic mass is 79.9. The summed E-state index contributed by atoms with van der Waals surface area (Å²) in [6.07, 6.45) is 0. The van der Waals surface area contributed by atoms with Gasteiger partial charge in [-0.25, -0.2) is 0 Å². The number of hydrogen-bond donors (Lipinski definition) is 1. The van der Waals surface area contributed by atoms with Crippen LogP contribution in [0, 0.1) is 0 Å². The minimum absolute atomic E-state index is 0.753. The van der Waals surface area contributed by atoms with Gasteiger partial charge in [-0.3, -0.25) is 0 Å². The van der Waals surface area contributed by atoms with Gasteiger partial charge in [0.2, 0.25) is 0 Å². The fourth-order valence-electron chi connectivity index (χ4n) is 1.69. The maximum atomic E-state index is 6.17. The van der Waals surface area contributed by atoms with Crippen molar-refractivity contribution in [2.24, 2.45) is 0 Å². The molecule has 0 amide bonds. The number of halogens is 2. The smallest absolute Gasteiger partial charge is 0.0462 e. The van der Waals surface area contributed by atoms with Crippen LogP contribution in [0.1, 0.15) is 5.56 Å². The lowest BCUT2D eigenvalue weighted by molar-refractivity contribution is 0.686. The summed E-state index contributed by atoms with van der Waals surface area (Å²) in [6.45, 7) is 1.93. The predicted molar refractivity (Wildman–Crippen MR) is 84.4 cm³/mol. The van der Waals surface area contributed by atoms with Crippen molar-refractivity contribution in [3.05, 3.63) is 33.3 Å². The molecule has 1 nitrogen and oxygen atoms in total. The van der Waals surface area contributed by atoms with Crippen molar-refractivity contribution in [1.82, 2.24) is 5.32 Å². The lowest BCUT2D eigenvalue weighted by Gasteiger charge is -2.21. The number of hydrogen-bond acceptors (Lipinski definition) is 3. The first-order valence-electron chi connectivity index (χ1n) is 5.59. The predicted octanol–water partition coefficient (Wildman–Crippen LogP) is 4.04. The molecule has 1 fully saturated rings. The monoisotopic (exact) mass is 351 g/mol. The van der Waals surface area contributed by atoms with E-state index >= 15 is 0 Å². The highest BCUT2D eigenvalue weighted by Crippen LogP contribution is 2.24. The average molecular weight is 353 g/mol. The van der Waals surface area contributed by atoms with Crippen LogP contribution in [-0.4, -0.2) is 29.1 Å². The Balaban J connectivity index is 1.77. The zero-order valence-electron chi connectivity index (χ0n) is 9.42. The zero-order chi connectivity index (χ0) is 12.1. The van der Waals surface area contributed by atoms with E-state index in [1.807, 2.05) is 12.1 Å². The van der Waals surface area contributed by atoms with E-state index < -0.39 is 0 Å². The molecule has 1 saturated heterocycles. The fraction of sp³-hybridized carbons (Fsp3) is 0.500. The maximum Gasteiger partial charge on any atom is 0.0462 e. The van der Waals surface area contributed by atoms with Crippen LogP contribution in [0.3, 0.4) is 0 Å². The molecule has 0 radical (unpaired) electrons. The molecule has 1 aromatic carbocycles. The van der Waals surface area contributed by atoms with Crippen molar-refractivity contribution in [3.8, 4) is 0 Å². The topological polar surface area (TPSA) is 12.0 Å². The third-order valence-electron chi connectivity index (χ3n) is 2.59. The minimum atomic E-state index is 0.753. The summed E-state index contributed by atoms with van der Waals surface area (Å²) < 4.78 is 1.03. The molecular weight excluding hydrogens is 338 g/mol. The van der Waals surface area contributed by atoms with Gasteiger partial charge in [0.15, 0.2) is 0 Å². The minimum Gasteiger partial charge on any atom is -0.311 e. The first kappa shape index (κ1) is 14.1. The van der Waals surface area contributed by atoms with Crippen molar-refractivity contribution >= 4 is 51.1 Å². The molecule has 0 saturated carbocycles. The normalized spacial score (nSPS) is 20.5. The van der Waals surface area contributed by atoms with Crippen LogP contribution in [0.25, 0.3) is 0 Å². The average Bonchev–Trinajstić information content (AvgIpc) is 2.33. The van der Waals surface area contributed by atoms with Gasteiger partial charge < -0.3 is 5.32 Å². The molecule has 94 valence electrons. The Morgan fingerprint density at radius 3 is 3.00 bits per heavy atom. The summed E-state index contributed by atoms with van der Waals surface area (Å²) in [5.74, 6) is 3.86. The summed E-state index contributed by atoms with van der Waals surface area (Å²) in [5.41, 5.74) is 1.17. The van der Waals surface area contributed by atoms with E-state index in [9.17, 15) is 0 Å². The molecule has 0 aliphatic carbocycles. The third-order valence-corrected chi connectivity index (χ3v) is 6.28. The van der Waals surface area contributed by atoms with Crippen molar-refractivity contribution in [2.45, 2.75) is 11.8 Å². The van der Waals surface area contributed by atoms with Gasteiger partial charge >= 0.3 is 0 Å². The van der Waals surface area contributed by atoms with E-state index in [1.165, 1.54) is 22.8 Å². The van der Waals surface area contributed by atoms with Gasteiger partial charge in [0.05, 0.1) is 0 Å². The molecule has 2 rings (SSSR count). The van der Waals surface area contributed by atoms with Gasteiger partial charge in [0.25, 0.3) is 0 Å². The second-order valence-corrected chi connectivity index (χ2v) is 7.82. The van der Waals surface area contributed by atoms with Crippen LogP contribution in [0.4, 0.5) is 0 Å². The Kier molecular flexibility index (Phi) is 6.03. The summed E-state index contributed by atoms with van der Waals surface area (Å²) >= 11 is 13.7. The van der Waals surface area contributed by atoms with E-state index in [2.05, 4.69) is 50.8 Å². The Bertz CT molecular complexity index is 370. The Labute approximate surface area is 125 Å². The van der Waals surface area contributed by atoms with E-state index in [-0.39, 0.29) is 0 Å².